The summed E-state index contributed by atoms with van der Waals surface area (Å²) < 4.78 is 0. The highest BCUT2D eigenvalue weighted by Gasteiger charge is 2.09. The zero-order valence-corrected chi connectivity index (χ0v) is 7.19. The van der Waals surface area contributed by atoms with Crippen LogP contribution >= 0.6 is 0 Å². The van der Waals surface area contributed by atoms with Crippen molar-refractivity contribution in [2.75, 3.05) is 13.1 Å². The van der Waals surface area contributed by atoms with Crippen molar-refractivity contribution in [3.05, 3.63) is 0 Å². The Balaban J connectivity index is 3.63. The van der Waals surface area contributed by atoms with E-state index in [2.05, 4.69) is 5.32 Å². The van der Waals surface area contributed by atoms with Crippen LogP contribution in [0.3, 0.4) is 0 Å². The molecule has 0 bridgehead atoms. The quantitative estimate of drug-likeness (QED) is 0.459. The van der Waals surface area contributed by atoms with Gasteiger partial charge in [0.2, 0.25) is 0 Å². The Kier molecular flexibility index (Phi) is 5.62. The smallest absolute Gasteiger partial charge is 0.404 e. The number of rotatable bonds is 6. The number of hydrogen-bond donors (Lipinski definition) is 4. The third-order valence-corrected chi connectivity index (χ3v) is 1.64. The summed E-state index contributed by atoms with van der Waals surface area (Å²) in [4.78, 5) is 20.3. The first-order valence-electron chi connectivity index (χ1n) is 3.95. The molecule has 0 aromatic rings. The summed E-state index contributed by atoms with van der Waals surface area (Å²) in [7, 11) is 0. The van der Waals surface area contributed by atoms with E-state index < -0.39 is 12.1 Å². The van der Waals surface area contributed by atoms with Gasteiger partial charge in [0.1, 0.15) is 0 Å². The first-order chi connectivity index (χ1) is 6.06. The van der Waals surface area contributed by atoms with E-state index >= 15 is 0 Å². The molecule has 0 aromatic heterocycles. The third-order valence-electron chi connectivity index (χ3n) is 1.64. The molecule has 1 amide bonds. The number of nitrogens with one attached hydrogen (secondary N) is 1. The topological polar surface area (TPSA) is 113 Å². The fourth-order valence-electron chi connectivity index (χ4n) is 0.862. The van der Waals surface area contributed by atoms with Gasteiger partial charge in [0.15, 0.2) is 0 Å². The van der Waals surface area contributed by atoms with Crippen molar-refractivity contribution in [3.8, 4) is 0 Å². The van der Waals surface area contributed by atoms with Crippen LogP contribution in [0.1, 0.15) is 12.8 Å². The van der Waals surface area contributed by atoms with Gasteiger partial charge < -0.3 is 21.3 Å². The number of nitrogens with two attached hydrogens (primary N) is 1. The van der Waals surface area contributed by atoms with Crippen LogP contribution in [0.15, 0.2) is 0 Å². The maximum atomic E-state index is 10.2. The van der Waals surface area contributed by atoms with E-state index in [-0.39, 0.29) is 25.4 Å². The summed E-state index contributed by atoms with van der Waals surface area (Å²) >= 11 is 0. The highest BCUT2D eigenvalue weighted by Crippen LogP contribution is 2.03. The average Bonchev–Trinajstić information content (AvgIpc) is 2.04. The minimum Gasteiger partial charge on any atom is -0.481 e. The third kappa shape index (κ3) is 7.07. The van der Waals surface area contributed by atoms with E-state index in [0.29, 0.717) is 6.42 Å². The van der Waals surface area contributed by atoms with Crippen LogP contribution < -0.4 is 11.1 Å². The Labute approximate surface area is 75.7 Å². The van der Waals surface area contributed by atoms with E-state index in [4.69, 9.17) is 15.9 Å². The molecule has 0 aliphatic heterocycles. The summed E-state index contributed by atoms with van der Waals surface area (Å²) in [5, 5.41) is 18.8. The monoisotopic (exact) mass is 190 g/mol. The van der Waals surface area contributed by atoms with Gasteiger partial charge in [-0.25, -0.2) is 4.79 Å². The molecule has 0 spiro atoms. The Morgan fingerprint density at radius 1 is 1.38 bits per heavy atom. The Hall–Kier alpha value is -1.30. The van der Waals surface area contributed by atoms with Crippen molar-refractivity contribution < 1.29 is 19.8 Å². The molecule has 0 fully saturated rings. The molecule has 0 aliphatic carbocycles. The molecule has 0 aliphatic rings. The van der Waals surface area contributed by atoms with E-state index in [9.17, 15) is 9.59 Å². The maximum absolute atomic E-state index is 10.2. The highest BCUT2D eigenvalue weighted by atomic mass is 16.4. The van der Waals surface area contributed by atoms with Crippen LogP contribution in [0.4, 0.5) is 4.79 Å². The molecule has 6 heteroatoms. The molecule has 1 atom stereocenters. The molecule has 0 saturated carbocycles. The number of carboxylic acid groups (broad SMARTS) is 2. The minimum atomic E-state index is -1.12. The standard InChI is InChI=1S/C7H14N2O4/c8-3-5(1-2-6(10)11)4-9-7(12)13/h5,9H,1-4,8H2,(H,10,11)(H,12,13). The predicted octanol–water partition coefficient (Wildman–Crippen LogP) is -0.306. The maximum Gasteiger partial charge on any atom is 0.404 e. The first kappa shape index (κ1) is 11.7. The van der Waals surface area contributed by atoms with Crippen LogP contribution in [-0.4, -0.2) is 35.4 Å². The van der Waals surface area contributed by atoms with E-state index in [1.165, 1.54) is 0 Å². The second kappa shape index (κ2) is 6.24. The molecular formula is C7H14N2O4. The number of amides is 1. The van der Waals surface area contributed by atoms with Crippen LogP contribution in [0.5, 0.6) is 0 Å². The van der Waals surface area contributed by atoms with Gasteiger partial charge in [0, 0.05) is 13.0 Å². The van der Waals surface area contributed by atoms with Gasteiger partial charge in [0.05, 0.1) is 0 Å². The van der Waals surface area contributed by atoms with E-state index in [0.717, 1.165) is 0 Å². The SMILES string of the molecule is NCC(CCC(=O)O)CNC(=O)O. The summed E-state index contributed by atoms with van der Waals surface area (Å²) in [6.45, 7) is 0.493. The normalized spacial score (nSPS) is 12.1. The predicted molar refractivity (Wildman–Crippen MR) is 45.4 cm³/mol. The molecule has 0 heterocycles. The molecule has 13 heavy (non-hydrogen) atoms. The summed E-state index contributed by atoms with van der Waals surface area (Å²) in [5.41, 5.74) is 5.32. The van der Waals surface area contributed by atoms with Gasteiger partial charge in [-0.1, -0.05) is 0 Å². The highest BCUT2D eigenvalue weighted by molar-refractivity contribution is 5.66. The van der Waals surface area contributed by atoms with Gasteiger partial charge in [-0.3, -0.25) is 4.79 Å². The van der Waals surface area contributed by atoms with Crippen molar-refractivity contribution in [1.82, 2.24) is 5.32 Å². The molecule has 1 unspecified atom stereocenters. The fraction of sp³-hybridized carbons (Fsp3) is 0.714. The second-order valence-corrected chi connectivity index (χ2v) is 2.72. The molecular weight excluding hydrogens is 176 g/mol. The van der Waals surface area contributed by atoms with Crippen molar-refractivity contribution in [1.29, 1.82) is 0 Å². The molecule has 0 radical (unpaired) electrons. The van der Waals surface area contributed by atoms with Crippen molar-refractivity contribution >= 4 is 12.1 Å². The van der Waals surface area contributed by atoms with Crippen LogP contribution in [-0.2, 0) is 4.79 Å². The molecule has 0 saturated heterocycles. The lowest BCUT2D eigenvalue weighted by Crippen LogP contribution is -2.31. The first-order valence-corrected chi connectivity index (χ1v) is 3.95. The van der Waals surface area contributed by atoms with E-state index in [1.54, 1.807) is 0 Å². The molecule has 6 nitrogen and oxygen atoms in total. The number of hydrogen-bond acceptors (Lipinski definition) is 3. The second-order valence-electron chi connectivity index (χ2n) is 2.72. The minimum absolute atomic E-state index is 0.0170. The van der Waals surface area contributed by atoms with Crippen molar-refractivity contribution in [2.45, 2.75) is 12.8 Å². The summed E-state index contributed by atoms with van der Waals surface area (Å²) in [6.07, 6.45) is -0.705. The average molecular weight is 190 g/mol. The number of aliphatic carboxylic acids is 1. The summed E-state index contributed by atoms with van der Waals surface area (Å²) in [5.74, 6) is -0.999. The lowest BCUT2D eigenvalue weighted by atomic mass is 10.0. The van der Waals surface area contributed by atoms with E-state index in [1.807, 2.05) is 0 Å². The lowest BCUT2D eigenvalue weighted by Gasteiger charge is -2.12. The van der Waals surface area contributed by atoms with Crippen LogP contribution in [0.25, 0.3) is 0 Å². The molecule has 0 rings (SSSR count). The van der Waals surface area contributed by atoms with Gasteiger partial charge in [-0.2, -0.15) is 0 Å². The van der Waals surface area contributed by atoms with Crippen molar-refractivity contribution in [3.63, 3.8) is 0 Å². The van der Waals surface area contributed by atoms with Gasteiger partial charge >= 0.3 is 12.1 Å². The fourth-order valence-corrected chi connectivity index (χ4v) is 0.862. The Bertz CT molecular complexity index is 165. The van der Waals surface area contributed by atoms with Crippen molar-refractivity contribution in [2.24, 2.45) is 11.7 Å². The van der Waals surface area contributed by atoms with Gasteiger partial charge in [-0.15, -0.1) is 0 Å². The molecule has 5 N–H and O–H groups in total. The van der Waals surface area contributed by atoms with Crippen LogP contribution in [0, 0.1) is 5.92 Å². The van der Waals surface area contributed by atoms with Crippen LogP contribution in [0.2, 0.25) is 0 Å². The zero-order chi connectivity index (χ0) is 10.3. The lowest BCUT2D eigenvalue weighted by molar-refractivity contribution is -0.137. The zero-order valence-electron chi connectivity index (χ0n) is 7.19. The number of carbonyl (C=O) groups is 2. The molecule has 76 valence electrons. The van der Waals surface area contributed by atoms with Gasteiger partial charge in [0.25, 0.3) is 0 Å². The number of carboxylic acids is 1. The molecule has 0 aromatic carbocycles. The summed E-state index contributed by atoms with van der Waals surface area (Å²) in [6, 6.07) is 0. The Morgan fingerprint density at radius 2 is 2.00 bits per heavy atom. The Morgan fingerprint density at radius 3 is 2.38 bits per heavy atom. The van der Waals surface area contributed by atoms with Gasteiger partial charge in [-0.05, 0) is 18.9 Å². The largest absolute Gasteiger partial charge is 0.481 e.